The third kappa shape index (κ3) is 2.66. The van der Waals surface area contributed by atoms with Gasteiger partial charge in [-0.3, -0.25) is 9.59 Å². The van der Waals surface area contributed by atoms with Crippen molar-refractivity contribution in [3.8, 4) is 0 Å². The zero-order chi connectivity index (χ0) is 23.3. The van der Waals surface area contributed by atoms with Gasteiger partial charge in [0, 0.05) is 36.7 Å². The van der Waals surface area contributed by atoms with Crippen LogP contribution in [0.15, 0.2) is 27.6 Å². The van der Waals surface area contributed by atoms with Crippen LogP contribution in [0.3, 0.4) is 0 Å². The molecule has 33 heavy (non-hydrogen) atoms. The number of carbonyl (C=O) groups excluding carboxylic acids is 2. The molecule has 4 aliphatic carbocycles. The van der Waals surface area contributed by atoms with Crippen molar-refractivity contribution in [3.63, 3.8) is 0 Å². The Balaban J connectivity index is 1.43. The van der Waals surface area contributed by atoms with Gasteiger partial charge in [0.25, 0.3) is 0 Å². The lowest BCUT2D eigenvalue weighted by Crippen LogP contribution is -2.52. The second kappa shape index (κ2) is 6.77. The van der Waals surface area contributed by atoms with Crippen LogP contribution in [-0.4, -0.2) is 51.5 Å². The molecule has 1 aliphatic heterocycles. The topological polar surface area (TPSA) is 127 Å². The van der Waals surface area contributed by atoms with E-state index < -0.39 is 46.3 Å². The van der Waals surface area contributed by atoms with Crippen LogP contribution >= 0.6 is 0 Å². The van der Waals surface area contributed by atoms with E-state index in [1.807, 2.05) is 0 Å². The minimum absolute atomic E-state index is 0.0470. The van der Waals surface area contributed by atoms with Crippen molar-refractivity contribution >= 4 is 11.8 Å². The van der Waals surface area contributed by atoms with Crippen molar-refractivity contribution in [3.05, 3.63) is 34.4 Å². The molecular weight excluding hydrogens is 428 g/mol. The summed E-state index contributed by atoms with van der Waals surface area (Å²) >= 11 is 0. The van der Waals surface area contributed by atoms with E-state index in [0.717, 1.165) is 18.4 Å². The van der Waals surface area contributed by atoms with Gasteiger partial charge in [0.15, 0.2) is 0 Å². The molecule has 8 nitrogen and oxygen atoms in total. The lowest BCUT2D eigenvalue weighted by molar-refractivity contribution is -0.152. The summed E-state index contributed by atoms with van der Waals surface area (Å²) in [6.07, 6.45) is 2.76. The number of esters is 1. The van der Waals surface area contributed by atoms with Gasteiger partial charge in [-0.1, -0.05) is 6.92 Å². The number of Topliss-reactive ketones (excluding diaryl/α,β-unsaturated/α-hetero) is 1. The fraction of sp³-hybridized carbons (Fsp3) is 0.720. The van der Waals surface area contributed by atoms with Crippen LogP contribution in [0.4, 0.5) is 0 Å². The molecule has 2 heterocycles. The number of hydrogen-bond donors (Lipinski definition) is 2. The Hall–Kier alpha value is -2.03. The summed E-state index contributed by atoms with van der Waals surface area (Å²) in [6, 6.07) is 3.12. The molecule has 5 fully saturated rings. The summed E-state index contributed by atoms with van der Waals surface area (Å²) in [7, 11) is 0. The second-order valence-corrected chi connectivity index (χ2v) is 11.1. The summed E-state index contributed by atoms with van der Waals surface area (Å²) in [5.74, 6) is -1.35. The third-order valence-electron chi connectivity index (χ3n) is 9.73. The van der Waals surface area contributed by atoms with E-state index in [9.17, 15) is 24.6 Å². The fourth-order valence-corrected chi connectivity index (χ4v) is 8.48. The molecule has 8 heteroatoms. The van der Waals surface area contributed by atoms with Crippen LogP contribution in [0.2, 0.25) is 0 Å². The van der Waals surface area contributed by atoms with Gasteiger partial charge < -0.3 is 24.1 Å². The van der Waals surface area contributed by atoms with Gasteiger partial charge in [0.2, 0.25) is 0 Å². The van der Waals surface area contributed by atoms with E-state index in [4.69, 9.17) is 13.9 Å². The van der Waals surface area contributed by atoms with Crippen molar-refractivity contribution in [1.82, 2.24) is 0 Å². The number of aliphatic hydroxyl groups excluding tert-OH is 1. The van der Waals surface area contributed by atoms with Gasteiger partial charge in [-0.25, -0.2) is 4.79 Å². The Morgan fingerprint density at radius 3 is 2.67 bits per heavy atom. The molecule has 0 aromatic carbocycles. The van der Waals surface area contributed by atoms with Crippen molar-refractivity contribution in [2.24, 2.45) is 23.2 Å². The summed E-state index contributed by atoms with van der Waals surface area (Å²) in [5, 5.41) is 22.0. The Labute approximate surface area is 191 Å². The highest BCUT2D eigenvalue weighted by Gasteiger charge is 2.86. The number of aliphatic hydroxyl groups is 2. The van der Waals surface area contributed by atoms with Crippen LogP contribution in [-0.2, 0) is 19.1 Å². The fourth-order valence-electron chi connectivity index (χ4n) is 8.48. The Morgan fingerprint density at radius 1 is 1.18 bits per heavy atom. The average Bonchev–Trinajstić information content (AvgIpc) is 3.39. The first kappa shape index (κ1) is 21.5. The van der Waals surface area contributed by atoms with Crippen molar-refractivity contribution in [2.75, 3.05) is 0 Å². The molecule has 0 amide bonds. The number of fused-ring (bicyclic) bond motifs is 3. The standard InChI is InChI=1S/C25H30O8/c1-12(26)32-21-20(13-3-4-19(29)31-11-13)23(2)7-6-15-16(25(23)22(21)33-25)10-17-18(28)9-14(27)5-8-24(15,17)30/h3-4,11,14-17,20-22,27,30H,5-10H2,1-2H3. The Bertz CT molecular complexity index is 1060. The number of hydrogen-bond acceptors (Lipinski definition) is 8. The molecule has 1 aromatic heterocycles. The maximum Gasteiger partial charge on any atom is 0.335 e. The molecular formula is C25H30O8. The van der Waals surface area contributed by atoms with Crippen LogP contribution in [0.25, 0.3) is 0 Å². The quantitative estimate of drug-likeness (QED) is 0.507. The molecule has 5 aliphatic rings. The lowest BCUT2D eigenvalue weighted by Gasteiger charge is -2.50. The predicted octanol–water partition coefficient (Wildman–Crippen LogP) is 1.70. The van der Waals surface area contributed by atoms with Gasteiger partial charge in [0.05, 0.1) is 18.0 Å². The van der Waals surface area contributed by atoms with Crippen molar-refractivity contribution < 1.29 is 33.7 Å². The van der Waals surface area contributed by atoms with Gasteiger partial charge in [-0.2, -0.15) is 0 Å². The minimum atomic E-state index is -1.14. The highest BCUT2D eigenvalue weighted by atomic mass is 16.7. The molecule has 10 unspecified atom stereocenters. The summed E-state index contributed by atoms with van der Waals surface area (Å²) in [4.78, 5) is 36.6. The first-order valence-electron chi connectivity index (χ1n) is 12.0. The van der Waals surface area contributed by atoms with Crippen LogP contribution in [0.5, 0.6) is 0 Å². The molecule has 10 atom stereocenters. The molecule has 4 saturated carbocycles. The smallest absolute Gasteiger partial charge is 0.335 e. The van der Waals surface area contributed by atoms with Gasteiger partial charge >= 0.3 is 11.6 Å². The van der Waals surface area contributed by atoms with Crippen LogP contribution in [0, 0.1) is 23.2 Å². The molecule has 2 N–H and O–H groups in total. The molecule has 6 rings (SSSR count). The van der Waals surface area contributed by atoms with Gasteiger partial charge in [0.1, 0.15) is 23.6 Å². The Kier molecular flexibility index (Phi) is 4.41. The van der Waals surface area contributed by atoms with E-state index >= 15 is 0 Å². The number of ketones is 1. The highest BCUT2D eigenvalue weighted by Crippen LogP contribution is 2.78. The van der Waals surface area contributed by atoms with E-state index in [2.05, 4.69) is 6.92 Å². The van der Waals surface area contributed by atoms with Crippen molar-refractivity contribution in [1.29, 1.82) is 0 Å². The van der Waals surface area contributed by atoms with E-state index in [0.29, 0.717) is 19.3 Å². The lowest BCUT2D eigenvalue weighted by atomic mass is 9.55. The molecule has 1 spiro atoms. The zero-order valence-electron chi connectivity index (χ0n) is 18.9. The Morgan fingerprint density at radius 2 is 1.97 bits per heavy atom. The summed E-state index contributed by atoms with van der Waals surface area (Å²) < 4.78 is 17.4. The van der Waals surface area contributed by atoms with E-state index in [-0.39, 0.29) is 36.1 Å². The summed E-state index contributed by atoms with van der Waals surface area (Å²) in [5.41, 5.74) is -1.81. The first-order chi connectivity index (χ1) is 15.6. The SMILES string of the molecule is CC(=O)OC1C(c2ccc(=O)oc2)C2(C)CCC3C(CC4C(=O)CC(O)CCC43O)C23OC13. The minimum Gasteiger partial charge on any atom is -0.459 e. The molecule has 178 valence electrons. The second-order valence-electron chi connectivity index (χ2n) is 11.1. The van der Waals surface area contributed by atoms with Crippen LogP contribution < -0.4 is 5.63 Å². The number of epoxide rings is 1. The molecule has 1 saturated heterocycles. The number of carbonyl (C=O) groups is 2. The predicted molar refractivity (Wildman–Crippen MR) is 113 cm³/mol. The largest absolute Gasteiger partial charge is 0.459 e. The van der Waals surface area contributed by atoms with Crippen LogP contribution in [0.1, 0.15) is 63.9 Å². The van der Waals surface area contributed by atoms with E-state index in [1.165, 1.54) is 19.3 Å². The van der Waals surface area contributed by atoms with Gasteiger partial charge in [-0.15, -0.1) is 0 Å². The maximum absolute atomic E-state index is 13.0. The zero-order valence-corrected chi connectivity index (χ0v) is 18.9. The summed E-state index contributed by atoms with van der Waals surface area (Å²) in [6.45, 7) is 3.52. The van der Waals surface area contributed by atoms with Gasteiger partial charge in [-0.05, 0) is 55.6 Å². The maximum atomic E-state index is 13.0. The van der Waals surface area contributed by atoms with E-state index in [1.54, 1.807) is 6.07 Å². The monoisotopic (exact) mass is 458 g/mol. The van der Waals surface area contributed by atoms with Crippen molar-refractivity contribution in [2.45, 2.75) is 87.8 Å². The normalized spacial score (nSPS) is 49.9. The average molecular weight is 459 g/mol. The number of ether oxygens (including phenoxy) is 2. The molecule has 0 bridgehead atoms. The molecule has 1 aromatic rings. The molecule has 0 radical (unpaired) electrons. The number of rotatable bonds is 2. The highest BCUT2D eigenvalue weighted by molar-refractivity contribution is 5.83. The first-order valence-corrected chi connectivity index (χ1v) is 12.0. The third-order valence-corrected chi connectivity index (χ3v) is 9.73.